The molecule has 1 heterocycles. The number of Topliss-reactive ketones (excluding diaryl/α,β-unsaturated/α-hetero) is 1. The summed E-state index contributed by atoms with van der Waals surface area (Å²) in [4.78, 5) is 22.4. The molecule has 0 saturated carbocycles. The van der Waals surface area contributed by atoms with E-state index in [4.69, 9.17) is 0 Å². The quantitative estimate of drug-likeness (QED) is 0.597. The molecule has 0 fully saturated rings. The molecule has 0 aliphatic rings. The average molecular weight is 253 g/mol. The van der Waals surface area contributed by atoms with Crippen molar-refractivity contribution in [2.45, 2.75) is 53.0 Å². The molecule has 0 spiro atoms. The fourth-order valence-corrected chi connectivity index (χ4v) is 2.17. The zero-order chi connectivity index (χ0) is 14.0. The van der Waals surface area contributed by atoms with Crippen LogP contribution in [-0.4, -0.2) is 20.5 Å². The highest BCUT2D eigenvalue weighted by atomic mass is 16.6. The summed E-state index contributed by atoms with van der Waals surface area (Å²) in [6.45, 7) is 8.71. The molecule has 0 aliphatic carbocycles. The zero-order valence-corrected chi connectivity index (χ0v) is 11.4. The molecule has 1 aromatic heterocycles. The maximum atomic E-state index is 11.7. The van der Waals surface area contributed by atoms with Crippen molar-refractivity contribution >= 4 is 11.5 Å². The van der Waals surface area contributed by atoms with Crippen LogP contribution in [0.4, 0.5) is 5.69 Å². The number of rotatable bonds is 5. The Labute approximate surface area is 106 Å². The van der Waals surface area contributed by atoms with E-state index >= 15 is 0 Å². The van der Waals surface area contributed by atoms with Crippen LogP contribution in [-0.2, 0) is 4.79 Å². The smallest absolute Gasteiger partial charge is 0.299 e. The van der Waals surface area contributed by atoms with Crippen molar-refractivity contribution in [3.05, 3.63) is 21.5 Å². The van der Waals surface area contributed by atoms with Crippen molar-refractivity contribution in [2.24, 2.45) is 0 Å². The predicted octanol–water partition coefficient (Wildman–Crippen LogP) is 2.76. The molecule has 1 aromatic rings. The summed E-state index contributed by atoms with van der Waals surface area (Å²) in [7, 11) is 0. The monoisotopic (exact) mass is 253 g/mol. The van der Waals surface area contributed by atoms with Gasteiger partial charge in [-0.3, -0.25) is 19.6 Å². The molecule has 0 bridgehead atoms. The molecule has 0 saturated heterocycles. The van der Waals surface area contributed by atoms with E-state index in [1.165, 1.54) is 6.92 Å². The van der Waals surface area contributed by atoms with Crippen molar-refractivity contribution < 1.29 is 9.72 Å². The van der Waals surface area contributed by atoms with Gasteiger partial charge in [-0.1, -0.05) is 6.92 Å². The summed E-state index contributed by atoms with van der Waals surface area (Å²) < 4.78 is 1.60. The summed E-state index contributed by atoms with van der Waals surface area (Å²) in [5, 5.41) is 15.4. The van der Waals surface area contributed by atoms with Crippen LogP contribution < -0.4 is 0 Å². The van der Waals surface area contributed by atoms with E-state index in [0.717, 1.165) is 0 Å². The summed E-state index contributed by atoms with van der Waals surface area (Å²) >= 11 is 0. The maximum absolute atomic E-state index is 11.7. The van der Waals surface area contributed by atoms with Gasteiger partial charge >= 0.3 is 5.69 Å². The van der Waals surface area contributed by atoms with Gasteiger partial charge in [-0.25, -0.2) is 0 Å². The van der Waals surface area contributed by atoms with Gasteiger partial charge in [0, 0.05) is 6.04 Å². The van der Waals surface area contributed by atoms with Gasteiger partial charge in [0.2, 0.25) is 0 Å². The Balaban J connectivity index is 3.54. The molecule has 0 aromatic carbocycles. The predicted molar refractivity (Wildman–Crippen MR) is 67.7 cm³/mol. The van der Waals surface area contributed by atoms with Crippen LogP contribution in [0.25, 0.3) is 0 Å². The number of ketones is 1. The largest absolute Gasteiger partial charge is 0.313 e. The van der Waals surface area contributed by atoms with Crippen molar-refractivity contribution in [1.82, 2.24) is 9.78 Å². The van der Waals surface area contributed by atoms with Gasteiger partial charge in [-0.05, 0) is 34.1 Å². The Kier molecular flexibility index (Phi) is 4.21. The normalized spacial score (nSPS) is 12.8. The number of hydrogen-bond donors (Lipinski definition) is 0. The van der Waals surface area contributed by atoms with Crippen LogP contribution in [0.15, 0.2) is 0 Å². The van der Waals surface area contributed by atoms with Crippen LogP contribution in [0.2, 0.25) is 0 Å². The van der Waals surface area contributed by atoms with E-state index in [2.05, 4.69) is 5.10 Å². The van der Waals surface area contributed by atoms with Crippen molar-refractivity contribution in [3.8, 4) is 0 Å². The van der Waals surface area contributed by atoms with Crippen LogP contribution in [0.3, 0.4) is 0 Å². The van der Waals surface area contributed by atoms with E-state index in [9.17, 15) is 14.9 Å². The summed E-state index contributed by atoms with van der Waals surface area (Å²) in [5.41, 5.74) is 0.775. The molecule has 0 amide bonds. The third-order valence-electron chi connectivity index (χ3n) is 2.99. The van der Waals surface area contributed by atoms with Crippen LogP contribution >= 0.6 is 0 Å². The Morgan fingerprint density at radius 2 is 2.06 bits per heavy atom. The molecule has 0 N–H and O–H groups in total. The average Bonchev–Trinajstić information content (AvgIpc) is 2.56. The lowest BCUT2D eigenvalue weighted by molar-refractivity contribution is -0.386. The van der Waals surface area contributed by atoms with E-state index < -0.39 is 10.8 Å². The van der Waals surface area contributed by atoms with E-state index in [-0.39, 0.29) is 17.5 Å². The van der Waals surface area contributed by atoms with Gasteiger partial charge < -0.3 is 0 Å². The van der Waals surface area contributed by atoms with Gasteiger partial charge in [0.25, 0.3) is 0 Å². The molecular formula is C12H19N3O3. The van der Waals surface area contributed by atoms with Crippen molar-refractivity contribution in [3.63, 3.8) is 0 Å². The molecule has 100 valence electrons. The number of nitro groups is 1. The third kappa shape index (κ3) is 2.42. The zero-order valence-electron chi connectivity index (χ0n) is 11.4. The first kappa shape index (κ1) is 14.3. The Morgan fingerprint density at radius 1 is 1.50 bits per heavy atom. The number of nitrogens with zero attached hydrogens (tertiary/aromatic N) is 3. The molecule has 1 unspecified atom stereocenters. The molecule has 1 rings (SSSR count). The van der Waals surface area contributed by atoms with Crippen LogP contribution in [0.1, 0.15) is 57.5 Å². The summed E-state index contributed by atoms with van der Waals surface area (Å²) in [6, 6.07) is -0.0131. The number of carbonyl (C=O) groups is 1. The lowest BCUT2D eigenvalue weighted by Gasteiger charge is -2.15. The van der Waals surface area contributed by atoms with Crippen molar-refractivity contribution in [1.29, 1.82) is 0 Å². The molecular weight excluding hydrogens is 234 g/mol. The summed E-state index contributed by atoms with van der Waals surface area (Å²) in [5.74, 6) is -0.531. The minimum Gasteiger partial charge on any atom is -0.299 e. The fraction of sp³-hybridized carbons (Fsp3) is 0.667. The highest BCUT2D eigenvalue weighted by molar-refractivity contribution is 5.84. The standard InChI is InChI=1S/C12H19N3O3/c1-6-10(9(5)16)12-11(15(17)18)8(4)13-14(12)7(2)3/h7,10H,6H2,1-5H3. The SMILES string of the molecule is CCC(C(C)=O)c1c([N+](=O)[O-])c(C)nn1C(C)C. The van der Waals surface area contributed by atoms with E-state index in [1.807, 2.05) is 20.8 Å². The number of hydrogen-bond acceptors (Lipinski definition) is 4. The highest BCUT2D eigenvalue weighted by Crippen LogP contribution is 2.34. The van der Waals surface area contributed by atoms with Crippen LogP contribution in [0, 0.1) is 17.0 Å². The second kappa shape index (κ2) is 5.29. The van der Waals surface area contributed by atoms with Gasteiger partial charge in [-0.15, -0.1) is 0 Å². The molecule has 0 aliphatic heterocycles. The second-order valence-corrected chi connectivity index (χ2v) is 4.69. The number of carbonyl (C=O) groups excluding carboxylic acids is 1. The Bertz CT molecular complexity index is 477. The molecule has 18 heavy (non-hydrogen) atoms. The highest BCUT2D eigenvalue weighted by Gasteiger charge is 2.33. The Morgan fingerprint density at radius 3 is 2.39 bits per heavy atom. The number of aryl methyl sites for hydroxylation is 1. The van der Waals surface area contributed by atoms with Crippen molar-refractivity contribution in [2.75, 3.05) is 0 Å². The lowest BCUT2D eigenvalue weighted by atomic mass is 9.96. The molecule has 1 atom stereocenters. The minimum atomic E-state index is -0.464. The van der Waals surface area contributed by atoms with Gasteiger partial charge in [0.1, 0.15) is 17.2 Å². The molecule has 0 radical (unpaired) electrons. The van der Waals surface area contributed by atoms with E-state index in [1.54, 1.807) is 11.6 Å². The van der Waals surface area contributed by atoms with Gasteiger partial charge in [-0.2, -0.15) is 5.10 Å². The fourth-order valence-electron chi connectivity index (χ4n) is 2.17. The van der Waals surface area contributed by atoms with E-state index in [0.29, 0.717) is 17.8 Å². The first-order valence-corrected chi connectivity index (χ1v) is 6.05. The maximum Gasteiger partial charge on any atom is 0.313 e. The summed E-state index contributed by atoms with van der Waals surface area (Å²) in [6.07, 6.45) is 0.536. The Hall–Kier alpha value is -1.72. The molecule has 6 nitrogen and oxygen atoms in total. The number of aromatic nitrogens is 2. The van der Waals surface area contributed by atoms with Crippen LogP contribution in [0.5, 0.6) is 0 Å². The lowest BCUT2D eigenvalue weighted by Crippen LogP contribution is -2.17. The van der Waals surface area contributed by atoms with Gasteiger partial charge in [0.15, 0.2) is 0 Å². The topological polar surface area (TPSA) is 78.0 Å². The third-order valence-corrected chi connectivity index (χ3v) is 2.99. The van der Waals surface area contributed by atoms with Gasteiger partial charge in [0.05, 0.1) is 10.8 Å². The second-order valence-electron chi connectivity index (χ2n) is 4.69. The first-order valence-electron chi connectivity index (χ1n) is 6.05. The first-order chi connectivity index (χ1) is 8.31. The minimum absolute atomic E-state index is 0.0131. The molecule has 6 heteroatoms.